The molecule has 0 heterocycles. The van der Waals surface area contributed by atoms with Gasteiger partial charge in [0.2, 0.25) is 0 Å². The number of carbonyl (C=O) groups is 1. The van der Waals surface area contributed by atoms with E-state index in [1.165, 1.54) is 0 Å². The second-order valence-electron chi connectivity index (χ2n) is 4.39. The van der Waals surface area contributed by atoms with E-state index < -0.39 is 52.4 Å². The van der Waals surface area contributed by atoms with Crippen molar-refractivity contribution in [3.05, 3.63) is 33.6 Å². The first-order chi connectivity index (χ1) is 9.95. The second kappa shape index (κ2) is 6.13. The number of nitro groups is 1. The minimum absolute atomic E-state index is 0.438. The zero-order valence-electron chi connectivity index (χ0n) is 11.1. The van der Waals surface area contributed by atoms with Crippen LogP contribution in [0.15, 0.2) is 12.1 Å². The fraction of sp³-hybridized carbons (Fsp3) is 0.364. The predicted molar refractivity (Wildman–Crippen MR) is 66.5 cm³/mol. The van der Waals surface area contributed by atoms with E-state index in [0.29, 0.717) is 17.0 Å². The number of amides is 1. The first-order valence-corrected chi connectivity index (χ1v) is 5.68. The topological polar surface area (TPSA) is 110 Å². The Labute approximate surface area is 121 Å². The highest BCUT2D eigenvalue weighted by molar-refractivity contribution is 6.00. The Kier molecular flexibility index (Phi) is 4.91. The molecule has 22 heavy (non-hydrogen) atoms. The van der Waals surface area contributed by atoms with Crippen molar-refractivity contribution in [3.8, 4) is 0 Å². The average Bonchev–Trinajstić information content (AvgIpc) is 2.38. The first kappa shape index (κ1) is 17.6. The number of aliphatic hydroxyl groups is 1. The van der Waals surface area contributed by atoms with E-state index >= 15 is 0 Å². The Bertz CT molecular complexity index is 606. The Hall–Kier alpha value is -2.43. The summed E-state index contributed by atoms with van der Waals surface area (Å²) >= 11 is 0. The van der Waals surface area contributed by atoms with Gasteiger partial charge in [0, 0.05) is 7.05 Å². The first-order valence-electron chi connectivity index (χ1n) is 5.68. The number of carbonyl (C=O) groups excluding carboxylic acids is 1. The Morgan fingerprint density at radius 1 is 1.50 bits per heavy atom. The van der Waals surface area contributed by atoms with Crippen LogP contribution in [0, 0.1) is 15.9 Å². The van der Waals surface area contributed by atoms with Crippen molar-refractivity contribution in [2.45, 2.75) is 12.3 Å². The molecule has 122 valence electrons. The number of halogens is 4. The second-order valence-corrected chi connectivity index (χ2v) is 4.39. The lowest BCUT2D eigenvalue weighted by molar-refractivity contribution is -0.384. The summed E-state index contributed by atoms with van der Waals surface area (Å²) < 4.78 is 50.0. The molecule has 3 N–H and O–H groups in total. The van der Waals surface area contributed by atoms with Gasteiger partial charge in [0.15, 0.2) is 6.10 Å². The maximum Gasteiger partial charge on any atom is 0.416 e. The van der Waals surface area contributed by atoms with E-state index in [1.54, 1.807) is 0 Å². The molecule has 1 aromatic carbocycles. The van der Waals surface area contributed by atoms with E-state index in [9.17, 15) is 32.5 Å². The number of hydrogen-bond donors (Lipinski definition) is 2. The highest BCUT2D eigenvalue weighted by Gasteiger charge is 2.39. The number of nitrogen functional groups attached to an aromatic ring is 1. The van der Waals surface area contributed by atoms with Crippen molar-refractivity contribution >= 4 is 17.3 Å². The molecule has 0 aliphatic carbocycles. The zero-order chi connectivity index (χ0) is 17.2. The van der Waals surface area contributed by atoms with E-state index in [0.717, 1.165) is 7.05 Å². The molecular formula is C11H11F4N3O4. The van der Waals surface area contributed by atoms with Gasteiger partial charge in [0.1, 0.15) is 11.5 Å². The summed E-state index contributed by atoms with van der Waals surface area (Å²) in [5.74, 6) is -2.34. The van der Waals surface area contributed by atoms with Crippen LogP contribution in [-0.4, -0.2) is 46.7 Å². The third-order valence-electron chi connectivity index (χ3n) is 2.72. The molecule has 7 nitrogen and oxygen atoms in total. The summed E-state index contributed by atoms with van der Waals surface area (Å²) in [5, 5.41) is 19.6. The van der Waals surface area contributed by atoms with Crippen LogP contribution in [0.5, 0.6) is 0 Å². The molecule has 1 aromatic rings. The molecule has 0 aliphatic heterocycles. The van der Waals surface area contributed by atoms with Gasteiger partial charge in [-0.2, -0.15) is 13.2 Å². The number of nitro benzene ring substituents is 1. The van der Waals surface area contributed by atoms with E-state index in [2.05, 4.69) is 0 Å². The largest absolute Gasteiger partial charge is 0.416 e. The van der Waals surface area contributed by atoms with Gasteiger partial charge < -0.3 is 15.7 Å². The molecule has 0 saturated heterocycles. The quantitative estimate of drug-likeness (QED) is 0.375. The minimum Gasteiger partial charge on any atom is -0.393 e. The molecule has 1 amide bonds. The lowest BCUT2D eigenvalue weighted by Gasteiger charge is -2.22. The van der Waals surface area contributed by atoms with Crippen molar-refractivity contribution in [1.29, 1.82) is 0 Å². The van der Waals surface area contributed by atoms with E-state index in [-0.39, 0.29) is 0 Å². The van der Waals surface area contributed by atoms with Crippen molar-refractivity contribution in [1.82, 2.24) is 4.90 Å². The van der Waals surface area contributed by atoms with Gasteiger partial charge in [-0.1, -0.05) is 0 Å². The molecule has 1 rings (SSSR count). The monoisotopic (exact) mass is 325 g/mol. The normalized spacial score (nSPS) is 12.8. The number of rotatable bonds is 4. The Balaban J connectivity index is 3.10. The lowest BCUT2D eigenvalue weighted by Crippen LogP contribution is -2.42. The van der Waals surface area contributed by atoms with Crippen molar-refractivity contribution in [2.75, 3.05) is 19.3 Å². The fourth-order valence-electron chi connectivity index (χ4n) is 1.58. The SMILES string of the molecule is CN(CC(O)C(F)(F)F)C(=O)c1cc(F)cc([N+](=O)[O-])c1N. The van der Waals surface area contributed by atoms with Crippen molar-refractivity contribution in [3.63, 3.8) is 0 Å². The van der Waals surface area contributed by atoms with Crippen LogP contribution in [0.3, 0.4) is 0 Å². The summed E-state index contributed by atoms with van der Waals surface area (Å²) in [7, 11) is 0.910. The third-order valence-corrected chi connectivity index (χ3v) is 2.72. The molecule has 1 atom stereocenters. The van der Waals surface area contributed by atoms with Crippen molar-refractivity contribution in [2.24, 2.45) is 0 Å². The van der Waals surface area contributed by atoms with E-state index in [1.807, 2.05) is 0 Å². The minimum atomic E-state index is -4.95. The fourth-order valence-corrected chi connectivity index (χ4v) is 1.58. The number of anilines is 1. The number of benzene rings is 1. The molecule has 0 aliphatic rings. The maximum atomic E-state index is 13.3. The highest BCUT2D eigenvalue weighted by atomic mass is 19.4. The number of likely N-dealkylation sites (N-methyl/N-ethyl adjacent to an activating group) is 1. The number of hydrogen-bond acceptors (Lipinski definition) is 5. The summed E-state index contributed by atoms with van der Waals surface area (Å²) in [6.45, 7) is -1.13. The van der Waals surface area contributed by atoms with Crippen LogP contribution >= 0.6 is 0 Å². The van der Waals surface area contributed by atoms with Crippen LogP contribution in [-0.2, 0) is 0 Å². The summed E-state index contributed by atoms with van der Waals surface area (Å²) in [6.07, 6.45) is -7.76. The zero-order valence-corrected chi connectivity index (χ0v) is 11.1. The standard InChI is InChI=1S/C11H11F4N3O4/c1-17(4-8(19)11(13,14)15)10(20)6-2-5(12)3-7(9(6)16)18(21)22/h2-3,8,19H,4,16H2,1H3. The number of alkyl halides is 3. The van der Waals surface area contributed by atoms with E-state index in [4.69, 9.17) is 10.8 Å². The molecule has 1 unspecified atom stereocenters. The van der Waals surface area contributed by atoms with Crippen LogP contribution < -0.4 is 5.73 Å². The molecule has 11 heteroatoms. The van der Waals surface area contributed by atoms with Crippen LogP contribution in [0.25, 0.3) is 0 Å². The summed E-state index contributed by atoms with van der Waals surface area (Å²) in [5.41, 5.74) is 3.15. The van der Waals surface area contributed by atoms with Gasteiger partial charge in [-0.25, -0.2) is 4.39 Å². The lowest BCUT2D eigenvalue weighted by atomic mass is 10.1. The molecule has 0 aromatic heterocycles. The highest BCUT2D eigenvalue weighted by Crippen LogP contribution is 2.28. The molecule has 0 spiro atoms. The van der Waals surface area contributed by atoms with Gasteiger partial charge >= 0.3 is 6.18 Å². The van der Waals surface area contributed by atoms with Gasteiger partial charge in [0.05, 0.1) is 23.1 Å². The molecule has 0 radical (unpaired) electrons. The van der Waals surface area contributed by atoms with Crippen LogP contribution in [0.2, 0.25) is 0 Å². The Morgan fingerprint density at radius 3 is 2.50 bits per heavy atom. The average molecular weight is 325 g/mol. The van der Waals surface area contributed by atoms with Gasteiger partial charge in [-0.05, 0) is 6.07 Å². The smallest absolute Gasteiger partial charge is 0.393 e. The number of nitrogens with two attached hydrogens (primary N) is 1. The van der Waals surface area contributed by atoms with Gasteiger partial charge in [0.25, 0.3) is 11.6 Å². The predicted octanol–water partition coefficient (Wildman–Crippen LogP) is 1.31. The van der Waals surface area contributed by atoms with Crippen LogP contribution in [0.1, 0.15) is 10.4 Å². The van der Waals surface area contributed by atoms with Gasteiger partial charge in [-0.15, -0.1) is 0 Å². The Morgan fingerprint density at radius 2 is 2.05 bits per heavy atom. The summed E-state index contributed by atoms with van der Waals surface area (Å²) in [4.78, 5) is 22.0. The van der Waals surface area contributed by atoms with Gasteiger partial charge in [-0.3, -0.25) is 14.9 Å². The number of nitrogens with zero attached hydrogens (tertiary/aromatic N) is 2. The molecule has 0 fully saturated rings. The maximum absolute atomic E-state index is 13.3. The van der Waals surface area contributed by atoms with Crippen molar-refractivity contribution < 1.29 is 32.4 Å². The third kappa shape index (κ3) is 3.81. The molecule has 0 saturated carbocycles. The number of aliphatic hydroxyl groups excluding tert-OH is 1. The molecule has 0 bridgehead atoms. The molecular weight excluding hydrogens is 314 g/mol. The summed E-state index contributed by atoms with van der Waals surface area (Å²) in [6, 6.07) is 1.05. The van der Waals surface area contributed by atoms with Crippen LogP contribution in [0.4, 0.5) is 28.9 Å².